The van der Waals surface area contributed by atoms with E-state index in [1.54, 1.807) is 0 Å². The van der Waals surface area contributed by atoms with Crippen molar-refractivity contribution in [3.63, 3.8) is 0 Å². The van der Waals surface area contributed by atoms with Crippen molar-refractivity contribution >= 4 is 0 Å². The van der Waals surface area contributed by atoms with Crippen molar-refractivity contribution in [2.45, 2.75) is 0 Å². The van der Waals surface area contributed by atoms with Gasteiger partial charge in [0.2, 0.25) is 0 Å². The zero-order valence-corrected chi connectivity index (χ0v) is 2.97. The first-order valence-corrected chi connectivity index (χ1v) is 1.47. The molecule has 0 atom stereocenters. The third-order valence-electron chi connectivity index (χ3n) is 0.357. The Balaban J connectivity index is 3.00. The summed E-state index contributed by atoms with van der Waals surface area (Å²) in [6, 6.07) is 2.51. The highest BCUT2D eigenvalue weighted by Gasteiger charge is 1.63. The Kier molecular flexibility index (Phi) is 0.819. The van der Waals surface area contributed by atoms with Crippen LogP contribution in [0.1, 0.15) is 0 Å². The van der Waals surface area contributed by atoms with E-state index in [0.717, 1.165) is 0 Å². The lowest BCUT2D eigenvalue weighted by Crippen LogP contribution is -1.70. The largest absolute Gasteiger partial charge is 0.233 e. The molecule has 0 saturated carbocycles. The molecule has 0 bridgehead atoms. The normalized spacial score (nSPS) is 8.00. The number of aromatic nitrogens is 2. The van der Waals surface area contributed by atoms with Gasteiger partial charge in [-0.1, -0.05) is 0 Å². The van der Waals surface area contributed by atoms with Crippen molar-refractivity contribution < 1.29 is 0 Å². The van der Waals surface area contributed by atoms with Gasteiger partial charge < -0.3 is 0 Å². The highest BCUT2D eigenvalue weighted by Crippen LogP contribution is 1.62. The smallest absolute Gasteiger partial charge is 0.198 e. The number of rotatable bonds is 0. The van der Waals surface area contributed by atoms with E-state index in [1.807, 2.05) is 0 Å². The Morgan fingerprint density at radius 1 is 1.50 bits per heavy atom. The molecule has 1 aromatic rings. The lowest BCUT2D eigenvalue weighted by Gasteiger charge is -1.66. The molecule has 3 radical (unpaired) electrons. The van der Waals surface area contributed by atoms with Crippen LogP contribution in [0.3, 0.4) is 0 Å². The molecular formula is C4HN2. The second-order valence-corrected chi connectivity index (χ2v) is 0.726. The van der Waals surface area contributed by atoms with Crippen molar-refractivity contribution in [3.05, 3.63) is 24.8 Å². The zero-order valence-electron chi connectivity index (χ0n) is 2.97. The maximum atomic E-state index is 3.46. The summed E-state index contributed by atoms with van der Waals surface area (Å²) in [5.41, 5.74) is 0. The Bertz CT molecular complexity index is 77.5. The fourth-order valence-electron chi connectivity index (χ4n) is 0.176. The van der Waals surface area contributed by atoms with Crippen LogP contribution in [0.25, 0.3) is 0 Å². The fourth-order valence-corrected chi connectivity index (χ4v) is 0.176. The van der Waals surface area contributed by atoms with Crippen molar-refractivity contribution in [2.75, 3.05) is 0 Å². The number of nitrogens with zero attached hydrogens (tertiary/aromatic N) is 2. The summed E-state index contributed by atoms with van der Waals surface area (Å²) in [6.45, 7) is 0. The van der Waals surface area contributed by atoms with Gasteiger partial charge >= 0.3 is 0 Å². The highest BCUT2D eigenvalue weighted by atomic mass is 14.8. The summed E-state index contributed by atoms with van der Waals surface area (Å²) < 4.78 is 0. The summed E-state index contributed by atoms with van der Waals surface area (Å²) in [4.78, 5) is 6.83. The minimum absolute atomic E-state index is 1.45. The standard InChI is InChI=1S/C4HN2/c1-2-5-4-6-3-1/h2H. The third-order valence-corrected chi connectivity index (χ3v) is 0.357. The molecule has 0 spiro atoms. The summed E-state index contributed by atoms with van der Waals surface area (Å²) in [7, 11) is 0. The monoisotopic (exact) mass is 77.0 g/mol. The topological polar surface area (TPSA) is 25.8 Å². The van der Waals surface area contributed by atoms with Gasteiger partial charge in [0.25, 0.3) is 0 Å². The molecule has 0 aliphatic carbocycles. The SMILES string of the molecule is [c]1[c]n[c]nc1. The minimum Gasteiger partial charge on any atom is -0.233 e. The van der Waals surface area contributed by atoms with E-state index in [0.29, 0.717) is 0 Å². The summed E-state index contributed by atoms with van der Waals surface area (Å²) in [5, 5.41) is 0. The summed E-state index contributed by atoms with van der Waals surface area (Å²) in [6.07, 6.45) is 6.16. The molecule has 1 heterocycles. The van der Waals surface area contributed by atoms with Gasteiger partial charge in [-0.05, 0) is 0 Å². The first-order chi connectivity index (χ1) is 3.00. The molecule has 0 aliphatic heterocycles. The maximum Gasteiger partial charge on any atom is 0.198 e. The average molecular weight is 77.1 g/mol. The van der Waals surface area contributed by atoms with Crippen LogP contribution >= 0.6 is 0 Å². The minimum atomic E-state index is 1.45. The van der Waals surface area contributed by atoms with E-state index in [4.69, 9.17) is 0 Å². The second-order valence-electron chi connectivity index (χ2n) is 0.726. The Morgan fingerprint density at radius 3 is 2.67 bits per heavy atom. The molecule has 0 amide bonds. The van der Waals surface area contributed by atoms with E-state index >= 15 is 0 Å². The molecule has 6 heavy (non-hydrogen) atoms. The van der Waals surface area contributed by atoms with Gasteiger partial charge in [0, 0.05) is 12.3 Å². The highest BCUT2D eigenvalue weighted by molar-refractivity contribution is 4.67. The maximum absolute atomic E-state index is 3.46. The first-order valence-electron chi connectivity index (χ1n) is 1.47. The Morgan fingerprint density at radius 2 is 2.50 bits per heavy atom. The van der Waals surface area contributed by atoms with Gasteiger partial charge in [0.1, 0.15) is 6.20 Å². The molecule has 0 aromatic carbocycles. The lowest BCUT2D eigenvalue weighted by atomic mass is 10.7. The van der Waals surface area contributed by atoms with E-state index in [-0.39, 0.29) is 0 Å². The van der Waals surface area contributed by atoms with E-state index < -0.39 is 0 Å². The lowest BCUT2D eigenvalue weighted by molar-refractivity contribution is 1.13. The van der Waals surface area contributed by atoms with Crippen molar-refractivity contribution in [2.24, 2.45) is 0 Å². The van der Waals surface area contributed by atoms with Crippen LogP contribution in [-0.4, -0.2) is 9.97 Å². The van der Waals surface area contributed by atoms with Gasteiger partial charge in [0.15, 0.2) is 6.33 Å². The van der Waals surface area contributed by atoms with Gasteiger partial charge in [-0.3, -0.25) is 0 Å². The van der Waals surface area contributed by atoms with Gasteiger partial charge in [0.05, 0.1) is 0 Å². The fraction of sp³-hybridized carbons (Fsp3) is 0. The molecule has 0 unspecified atom stereocenters. The van der Waals surface area contributed by atoms with Crippen LogP contribution in [0.4, 0.5) is 0 Å². The molecular weight excluding hydrogens is 76.1 g/mol. The molecule has 27 valence electrons. The van der Waals surface area contributed by atoms with Crippen LogP contribution in [0.5, 0.6) is 0 Å². The first kappa shape index (κ1) is 3.28. The van der Waals surface area contributed by atoms with Crippen LogP contribution in [0.15, 0.2) is 6.20 Å². The number of hydrogen-bond acceptors (Lipinski definition) is 2. The van der Waals surface area contributed by atoms with Crippen molar-refractivity contribution in [3.8, 4) is 0 Å². The Hall–Kier alpha value is -0.920. The molecule has 1 aromatic heterocycles. The third kappa shape index (κ3) is 0.516. The summed E-state index contributed by atoms with van der Waals surface area (Å²) in [5.74, 6) is 0. The van der Waals surface area contributed by atoms with Crippen LogP contribution in [-0.2, 0) is 0 Å². The van der Waals surface area contributed by atoms with Crippen LogP contribution in [0, 0.1) is 18.6 Å². The van der Waals surface area contributed by atoms with E-state index in [9.17, 15) is 0 Å². The predicted octanol–water partition coefficient (Wildman–Crippen LogP) is -0.123. The molecule has 2 heteroatoms. The second kappa shape index (κ2) is 1.50. The number of hydrogen-bond donors (Lipinski definition) is 0. The molecule has 0 fully saturated rings. The van der Waals surface area contributed by atoms with Gasteiger partial charge in [-0.2, -0.15) is 0 Å². The Labute approximate surface area is 35.9 Å². The average Bonchev–Trinajstić information content (AvgIpc) is 1.72. The van der Waals surface area contributed by atoms with Crippen molar-refractivity contribution in [1.29, 1.82) is 0 Å². The van der Waals surface area contributed by atoms with Gasteiger partial charge in [-0.15, -0.1) is 0 Å². The van der Waals surface area contributed by atoms with Crippen LogP contribution < -0.4 is 0 Å². The quantitative estimate of drug-likeness (QED) is 0.431. The molecule has 0 aliphatic rings. The van der Waals surface area contributed by atoms with E-state index in [1.165, 1.54) is 6.20 Å². The zero-order chi connectivity index (χ0) is 4.24. The molecule has 2 nitrogen and oxygen atoms in total. The predicted molar refractivity (Wildman–Crippen MR) is 18.5 cm³/mol. The summed E-state index contributed by atoms with van der Waals surface area (Å²) >= 11 is 0. The molecule has 0 saturated heterocycles. The van der Waals surface area contributed by atoms with Crippen molar-refractivity contribution in [1.82, 2.24) is 9.97 Å². The molecule has 1 rings (SSSR count). The van der Waals surface area contributed by atoms with Crippen LogP contribution in [0.2, 0.25) is 0 Å². The van der Waals surface area contributed by atoms with E-state index in [2.05, 4.69) is 28.6 Å². The molecule has 0 N–H and O–H groups in total. The van der Waals surface area contributed by atoms with Gasteiger partial charge in [-0.25, -0.2) is 9.97 Å².